The Labute approximate surface area is 124 Å². The molecule has 108 valence electrons. The van der Waals surface area contributed by atoms with Crippen LogP contribution < -0.4 is 11.1 Å². The fraction of sp³-hybridized carbons (Fsp3) is 0.562. The molecule has 0 saturated heterocycles. The van der Waals surface area contributed by atoms with Crippen LogP contribution in [0.25, 0.3) is 0 Å². The minimum atomic E-state index is -0.411. The number of amides is 1. The van der Waals surface area contributed by atoms with Crippen LogP contribution in [0.5, 0.6) is 0 Å². The van der Waals surface area contributed by atoms with Gasteiger partial charge in [-0.1, -0.05) is 12.1 Å². The van der Waals surface area contributed by atoms with Gasteiger partial charge in [-0.3, -0.25) is 4.79 Å². The molecular formula is C16H22N2OS. The van der Waals surface area contributed by atoms with Gasteiger partial charge in [-0.05, 0) is 56.7 Å². The lowest BCUT2D eigenvalue weighted by atomic mass is 9.85. The second kappa shape index (κ2) is 5.08. The molecule has 20 heavy (non-hydrogen) atoms. The van der Waals surface area contributed by atoms with Crippen molar-refractivity contribution in [1.29, 1.82) is 0 Å². The van der Waals surface area contributed by atoms with Crippen molar-refractivity contribution >= 4 is 23.4 Å². The molecule has 0 bridgehead atoms. The summed E-state index contributed by atoms with van der Waals surface area (Å²) in [6, 6.07) is 6.33. The zero-order chi connectivity index (χ0) is 14.3. The third-order valence-corrected chi connectivity index (χ3v) is 5.62. The highest BCUT2D eigenvalue weighted by molar-refractivity contribution is 8.00. The molecule has 3 N–H and O–H groups in total. The second-order valence-electron chi connectivity index (χ2n) is 6.37. The molecule has 1 heterocycles. The highest BCUT2D eigenvalue weighted by Gasteiger charge is 2.38. The maximum atomic E-state index is 11.9. The van der Waals surface area contributed by atoms with Crippen LogP contribution in [0.4, 0.5) is 5.69 Å². The Kier molecular flexibility index (Phi) is 3.55. The Bertz CT molecular complexity index is 537. The van der Waals surface area contributed by atoms with Crippen molar-refractivity contribution < 1.29 is 4.79 Å². The molecule has 1 atom stereocenters. The largest absolute Gasteiger partial charge is 0.325 e. The fourth-order valence-electron chi connectivity index (χ4n) is 2.62. The predicted octanol–water partition coefficient (Wildman–Crippen LogP) is 3.03. The number of rotatable bonds is 5. The van der Waals surface area contributed by atoms with Crippen molar-refractivity contribution in [3.05, 3.63) is 29.3 Å². The van der Waals surface area contributed by atoms with E-state index in [2.05, 4.69) is 23.5 Å². The highest BCUT2D eigenvalue weighted by atomic mass is 32.2. The van der Waals surface area contributed by atoms with E-state index in [0.29, 0.717) is 0 Å². The van der Waals surface area contributed by atoms with Gasteiger partial charge < -0.3 is 11.1 Å². The first-order chi connectivity index (χ1) is 9.46. The molecule has 1 saturated carbocycles. The highest BCUT2D eigenvalue weighted by Crippen LogP contribution is 2.38. The molecule has 0 aromatic heterocycles. The Morgan fingerprint density at radius 3 is 2.90 bits per heavy atom. The van der Waals surface area contributed by atoms with Crippen LogP contribution >= 0.6 is 11.8 Å². The van der Waals surface area contributed by atoms with Crippen molar-refractivity contribution in [2.75, 3.05) is 5.32 Å². The molecule has 3 rings (SSSR count). The molecule has 1 aromatic carbocycles. The van der Waals surface area contributed by atoms with E-state index in [4.69, 9.17) is 5.73 Å². The van der Waals surface area contributed by atoms with E-state index in [9.17, 15) is 4.79 Å². The van der Waals surface area contributed by atoms with Crippen LogP contribution in [0.15, 0.2) is 18.2 Å². The van der Waals surface area contributed by atoms with E-state index in [1.165, 1.54) is 18.4 Å². The van der Waals surface area contributed by atoms with Crippen molar-refractivity contribution in [2.24, 2.45) is 5.73 Å². The van der Waals surface area contributed by atoms with Crippen LogP contribution in [0, 0.1) is 0 Å². The van der Waals surface area contributed by atoms with E-state index >= 15 is 0 Å². The number of hydrogen-bond donors (Lipinski definition) is 2. The summed E-state index contributed by atoms with van der Waals surface area (Å²) in [6.07, 6.45) is 4.64. The van der Waals surface area contributed by atoms with E-state index in [0.717, 1.165) is 29.3 Å². The molecule has 1 aromatic rings. The number of benzene rings is 1. The SMILES string of the molecule is CC1(C)C(=O)Nc2cc(CCC(N)SC3CC3)ccc21. The quantitative estimate of drug-likeness (QED) is 0.820. The summed E-state index contributed by atoms with van der Waals surface area (Å²) >= 11 is 1.92. The topological polar surface area (TPSA) is 55.1 Å². The summed E-state index contributed by atoms with van der Waals surface area (Å²) in [5.74, 6) is 0.0886. The molecule has 0 spiro atoms. The van der Waals surface area contributed by atoms with Crippen molar-refractivity contribution in [2.45, 2.75) is 55.6 Å². The van der Waals surface area contributed by atoms with E-state index < -0.39 is 5.41 Å². The Morgan fingerprint density at radius 2 is 2.20 bits per heavy atom. The number of carbonyl (C=O) groups excluding carboxylic acids is 1. The lowest BCUT2D eigenvalue weighted by Crippen LogP contribution is -2.26. The number of anilines is 1. The molecule has 1 aliphatic carbocycles. The third kappa shape index (κ3) is 2.72. The Balaban J connectivity index is 1.64. The number of carbonyl (C=O) groups is 1. The second-order valence-corrected chi connectivity index (χ2v) is 7.92. The first-order valence-corrected chi connectivity index (χ1v) is 8.27. The van der Waals surface area contributed by atoms with Gasteiger partial charge in [0.2, 0.25) is 5.91 Å². The lowest BCUT2D eigenvalue weighted by molar-refractivity contribution is -0.119. The number of nitrogens with one attached hydrogen (secondary N) is 1. The summed E-state index contributed by atoms with van der Waals surface area (Å²) in [6.45, 7) is 3.94. The van der Waals surface area contributed by atoms with Gasteiger partial charge in [0.15, 0.2) is 0 Å². The van der Waals surface area contributed by atoms with Gasteiger partial charge in [-0.25, -0.2) is 0 Å². The van der Waals surface area contributed by atoms with Gasteiger partial charge in [0.25, 0.3) is 0 Å². The monoisotopic (exact) mass is 290 g/mol. The fourth-order valence-corrected chi connectivity index (χ4v) is 3.78. The molecule has 3 nitrogen and oxygen atoms in total. The van der Waals surface area contributed by atoms with Gasteiger partial charge in [-0.15, -0.1) is 11.8 Å². The van der Waals surface area contributed by atoms with Crippen molar-refractivity contribution in [3.8, 4) is 0 Å². The standard InChI is InChI=1S/C16H22N2OS/c1-16(2)12-7-3-10(9-13(12)18-15(16)19)4-8-14(17)20-11-5-6-11/h3,7,9,11,14H,4-6,8,17H2,1-2H3,(H,18,19). The maximum Gasteiger partial charge on any atom is 0.234 e. The van der Waals surface area contributed by atoms with E-state index in [-0.39, 0.29) is 11.3 Å². The summed E-state index contributed by atoms with van der Waals surface area (Å²) in [4.78, 5) is 11.9. The molecule has 1 unspecified atom stereocenters. The Hall–Kier alpha value is -1.00. The number of fused-ring (bicyclic) bond motifs is 1. The maximum absolute atomic E-state index is 11.9. The molecule has 0 radical (unpaired) electrons. The third-order valence-electron chi connectivity index (χ3n) is 4.18. The first-order valence-electron chi connectivity index (χ1n) is 7.33. The number of aryl methyl sites for hydroxylation is 1. The number of nitrogens with two attached hydrogens (primary N) is 1. The summed E-state index contributed by atoms with van der Waals surface area (Å²) in [5.41, 5.74) is 9.05. The van der Waals surface area contributed by atoms with Crippen LogP contribution in [0.2, 0.25) is 0 Å². The summed E-state index contributed by atoms with van der Waals surface area (Å²) in [5, 5.41) is 4.03. The average Bonchev–Trinajstić information content (AvgIpc) is 3.16. The van der Waals surface area contributed by atoms with Crippen molar-refractivity contribution in [3.63, 3.8) is 0 Å². The Morgan fingerprint density at radius 1 is 1.45 bits per heavy atom. The normalized spacial score (nSPS) is 21.4. The molecule has 4 heteroatoms. The minimum Gasteiger partial charge on any atom is -0.325 e. The lowest BCUT2D eigenvalue weighted by Gasteiger charge is -2.15. The number of thioether (sulfide) groups is 1. The summed E-state index contributed by atoms with van der Waals surface area (Å²) < 4.78 is 0. The molecule has 1 fully saturated rings. The molecule has 1 aliphatic heterocycles. The van der Waals surface area contributed by atoms with Gasteiger partial charge >= 0.3 is 0 Å². The van der Waals surface area contributed by atoms with Crippen LogP contribution in [0.1, 0.15) is 44.2 Å². The van der Waals surface area contributed by atoms with Gasteiger partial charge in [0.05, 0.1) is 10.8 Å². The van der Waals surface area contributed by atoms with E-state index in [1.54, 1.807) is 0 Å². The van der Waals surface area contributed by atoms with Crippen molar-refractivity contribution in [1.82, 2.24) is 0 Å². The number of hydrogen-bond acceptors (Lipinski definition) is 3. The average molecular weight is 290 g/mol. The smallest absolute Gasteiger partial charge is 0.234 e. The molecule has 2 aliphatic rings. The zero-order valence-electron chi connectivity index (χ0n) is 12.1. The minimum absolute atomic E-state index is 0.0886. The van der Waals surface area contributed by atoms with Crippen LogP contribution in [-0.2, 0) is 16.6 Å². The molecule has 1 amide bonds. The predicted molar refractivity (Wildman–Crippen MR) is 85.0 cm³/mol. The van der Waals surface area contributed by atoms with Gasteiger partial charge in [0.1, 0.15) is 0 Å². The van der Waals surface area contributed by atoms with Crippen LogP contribution in [0.3, 0.4) is 0 Å². The summed E-state index contributed by atoms with van der Waals surface area (Å²) in [7, 11) is 0. The van der Waals surface area contributed by atoms with E-state index in [1.807, 2.05) is 25.6 Å². The van der Waals surface area contributed by atoms with Gasteiger partial charge in [-0.2, -0.15) is 0 Å². The molecular weight excluding hydrogens is 268 g/mol. The van der Waals surface area contributed by atoms with Crippen LogP contribution in [-0.4, -0.2) is 16.5 Å². The zero-order valence-corrected chi connectivity index (χ0v) is 12.9. The first kappa shape index (κ1) is 14.0. The van der Waals surface area contributed by atoms with Gasteiger partial charge in [0, 0.05) is 10.9 Å².